The van der Waals surface area contributed by atoms with E-state index in [1.807, 2.05) is 6.92 Å². The van der Waals surface area contributed by atoms with Crippen molar-refractivity contribution in [3.63, 3.8) is 0 Å². The molecule has 4 aliphatic carbocycles. The summed E-state index contributed by atoms with van der Waals surface area (Å²) in [5, 5.41) is 19.2. The van der Waals surface area contributed by atoms with Crippen molar-refractivity contribution in [3.05, 3.63) is 12.2 Å². The lowest BCUT2D eigenvalue weighted by Crippen LogP contribution is -2.63. The van der Waals surface area contributed by atoms with Crippen molar-refractivity contribution in [2.45, 2.75) is 115 Å². The van der Waals surface area contributed by atoms with Crippen molar-refractivity contribution >= 4 is 11.9 Å². The highest BCUT2D eigenvalue weighted by Crippen LogP contribution is 2.70. The third-order valence-corrected chi connectivity index (χ3v) is 12.4. The Morgan fingerprint density at radius 1 is 1.06 bits per heavy atom. The maximum atomic E-state index is 12.7. The van der Waals surface area contributed by atoms with Gasteiger partial charge in [0.1, 0.15) is 6.10 Å². The minimum Gasteiger partial charge on any atom is -0.459 e. The molecule has 0 spiro atoms. The summed E-state index contributed by atoms with van der Waals surface area (Å²) in [5.41, 5.74) is -0.523. The standard InChI is InChI=1S/C30H46N2O4/c1-18-21(7-9-26(33)36-18)22-12-15-30(35)24-8-6-19-17-20(32-27(34)25-5-4-16-31-25)10-13-28(19,2)23(24)11-14-29(22,30)3/h7,9,18-25,31,35H,4-6,8,10-17H2,1-3H3,(H,32,34). The number of ether oxygens (including phenoxy) is 1. The fourth-order valence-corrected chi connectivity index (χ4v) is 10.3. The van der Waals surface area contributed by atoms with Gasteiger partial charge in [-0.2, -0.15) is 0 Å². The predicted octanol–water partition coefficient (Wildman–Crippen LogP) is 4.11. The summed E-state index contributed by atoms with van der Waals surface area (Å²) in [5.74, 6) is 2.03. The number of carbonyl (C=O) groups is 2. The van der Waals surface area contributed by atoms with E-state index < -0.39 is 5.60 Å². The molecule has 0 aromatic carbocycles. The molecule has 6 heteroatoms. The van der Waals surface area contributed by atoms with Crippen LogP contribution in [0.25, 0.3) is 0 Å². The molecule has 36 heavy (non-hydrogen) atoms. The Labute approximate surface area is 216 Å². The first kappa shape index (κ1) is 24.9. The van der Waals surface area contributed by atoms with Crippen LogP contribution in [-0.4, -0.2) is 47.3 Å². The second kappa shape index (κ2) is 8.83. The van der Waals surface area contributed by atoms with Gasteiger partial charge in [0, 0.05) is 23.5 Å². The first-order valence-electron chi connectivity index (χ1n) is 14.8. The van der Waals surface area contributed by atoms with Crippen LogP contribution >= 0.6 is 0 Å². The van der Waals surface area contributed by atoms with E-state index in [-0.39, 0.29) is 40.8 Å². The van der Waals surface area contributed by atoms with Gasteiger partial charge in [-0.25, -0.2) is 4.79 Å². The maximum Gasteiger partial charge on any atom is 0.330 e. The molecule has 0 aromatic heterocycles. The summed E-state index contributed by atoms with van der Waals surface area (Å²) < 4.78 is 5.59. The average molecular weight is 499 g/mol. The lowest BCUT2D eigenvalue weighted by molar-refractivity contribution is -0.211. The number of aliphatic hydroxyl groups is 1. The molecule has 11 atom stereocenters. The highest BCUT2D eigenvalue weighted by atomic mass is 16.5. The minimum atomic E-state index is -0.636. The number of hydrogen-bond acceptors (Lipinski definition) is 5. The van der Waals surface area contributed by atoms with Gasteiger partial charge in [-0.3, -0.25) is 4.79 Å². The first-order valence-corrected chi connectivity index (χ1v) is 14.8. The molecule has 2 aliphatic heterocycles. The van der Waals surface area contributed by atoms with E-state index in [4.69, 9.17) is 4.74 Å². The molecule has 11 unspecified atom stereocenters. The lowest BCUT2D eigenvalue weighted by Gasteiger charge is -2.64. The van der Waals surface area contributed by atoms with Gasteiger partial charge in [-0.15, -0.1) is 0 Å². The van der Waals surface area contributed by atoms with E-state index in [0.717, 1.165) is 70.8 Å². The van der Waals surface area contributed by atoms with Crippen LogP contribution in [0.1, 0.15) is 91.4 Å². The van der Waals surface area contributed by atoms with E-state index >= 15 is 0 Å². The highest BCUT2D eigenvalue weighted by molar-refractivity contribution is 5.83. The molecule has 0 aromatic rings. The van der Waals surface area contributed by atoms with E-state index in [1.54, 1.807) is 6.08 Å². The number of esters is 1. The van der Waals surface area contributed by atoms with Crippen molar-refractivity contribution in [3.8, 4) is 0 Å². The smallest absolute Gasteiger partial charge is 0.330 e. The van der Waals surface area contributed by atoms with E-state index in [0.29, 0.717) is 29.7 Å². The summed E-state index contributed by atoms with van der Waals surface area (Å²) in [7, 11) is 0. The number of rotatable bonds is 3. The largest absolute Gasteiger partial charge is 0.459 e. The second-order valence-electron chi connectivity index (χ2n) is 13.7. The maximum absolute atomic E-state index is 12.7. The van der Waals surface area contributed by atoms with Crippen molar-refractivity contribution in [1.29, 1.82) is 0 Å². The zero-order chi connectivity index (χ0) is 25.3. The van der Waals surface area contributed by atoms with Crippen LogP contribution in [0.3, 0.4) is 0 Å². The van der Waals surface area contributed by atoms with Gasteiger partial charge >= 0.3 is 5.97 Å². The molecule has 200 valence electrons. The molecule has 0 bridgehead atoms. The molecule has 1 saturated heterocycles. The fraction of sp³-hybridized carbons (Fsp3) is 0.867. The van der Waals surface area contributed by atoms with Crippen molar-refractivity contribution < 1.29 is 19.4 Å². The molecule has 2 heterocycles. The third-order valence-electron chi connectivity index (χ3n) is 12.4. The van der Waals surface area contributed by atoms with Gasteiger partial charge in [0.25, 0.3) is 0 Å². The molecule has 6 rings (SSSR count). The number of carbonyl (C=O) groups excluding carboxylic acids is 2. The number of cyclic esters (lactones) is 1. The normalized spacial score (nSPS) is 52.2. The monoisotopic (exact) mass is 498 g/mol. The van der Waals surface area contributed by atoms with Crippen LogP contribution in [0.15, 0.2) is 12.2 Å². The Hall–Kier alpha value is -1.40. The Kier molecular flexibility index (Phi) is 6.11. The van der Waals surface area contributed by atoms with Crippen LogP contribution < -0.4 is 10.6 Å². The summed E-state index contributed by atoms with van der Waals surface area (Å²) in [6.45, 7) is 7.83. The van der Waals surface area contributed by atoms with Crippen LogP contribution in [0.4, 0.5) is 0 Å². The van der Waals surface area contributed by atoms with Gasteiger partial charge in [0.15, 0.2) is 0 Å². The number of nitrogens with one attached hydrogen (secondary N) is 2. The molecular weight excluding hydrogens is 452 g/mol. The Balaban J connectivity index is 1.18. The summed E-state index contributed by atoms with van der Waals surface area (Å²) in [6, 6.07) is 0.296. The van der Waals surface area contributed by atoms with Gasteiger partial charge in [-0.1, -0.05) is 19.9 Å². The quantitative estimate of drug-likeness (QED) is 0.510. The SMILES string of the molecule is CC1OC(=O)C=CC1C1CCC2(O)C3CCC4CC(NC(=O)C5CCCN5)CCC4(C)C3CCC12C. The molecule has 6 nitrogen and oxygen atoms in total. The molecule has 1 amide bonds. The van der Waals surface area contributed by atoms with E-state index in [1.165, 1.54) is 6.42 Å². The van der Waals surface area contributed by atoms with Crippen LogP contribution in [0.2, 0.25) is 0 Å². The van der Waals surface area contributed by atoms with Crippen LogP contribution in [0.5, 0.6) is 0 Å². The minimum absolute atomic E-state index is 0.000115. The summed E-state index contributed by atoms with van der Waals surface area (Å²) in [4.78, 5) is 24.5. The highest BCUT2D eigenvalue weighted by Gasteiger charge is 2.68. The van der Waals surface area contributed by atoms with Gasteiger partial charge in [0.2, 0.25) is 5.91 Å². The fourth-order valence-electron chi connectivity index (χ4n) is 10.3. The average Bonchev–Trinajstić information content (AvgIpc) is 3.47. The zero-order valence-corrected chi connectivity index (χ0v) is 22.4. The van der Waals surface area contributed by atoms with Crippen molar-refractivity contribution in [2.24, 2.45) is 40.4 Å². The molecular formula is C30H46N2O4. The van der Waals surface area contributed by atoms with Crippen LogP contribution in [0, 0.1) is 40.4 Å². The summed E-state index contributed by atoms with van der Waals surface area (Å²) >= 11 is 0. The van der Waals surface area contributed by atoms with Crippen molar-refractivity contribution in [2.75, 3.05) is 6.54 Å². The van der Waals surface area contributed by atoms with Gasteiger partial charge in [-0.05, 0) is 113 Å². The van der Waals surface area contributed by atoms with E-state index in [2.05, 4.69) is 30.6 Å². The molecule has 4 saturated carbocycles. The summed E-state index contributed by atoms with van der Waals surface area (Å²) in [6.07, 6.45) is 15.3. The van der Waals surface area contributed by atoms with Gasteiger partial charge in [0.05, 0.1) is 11.6 Å². The Morgan fingerprint density at radius 2 is 1.86 bits per heavy atom. The Morgan fingerprint density at radius 3 is 2.61 bits per heavy atom. The second-order valence-corrected chi connectivity index (χ2v) is 13.7. The van der Waals surface area contributed by atoms with Gasteiger partial charge < -0.3 is 20.5 Å². The lowest BCUT2D eigenvalue weighted by atomic mass is 9.43. The first-order chi connectivity index (χ1) is 17.2. The number of fused-ring (bicyclic) bond motifs is 5. The predicted molar refractivity (Wildman–Crippen MR) is 138 cm³/mol. The molecule has 6 aliphatic rings. The third kappa shape index (κ3) is 3.64. The van der Waals surface area contributed by atoms with Crippen molar-refractivity contribution in [1.82, 2.24) is 10.6 Å². The topological polar surface area (TPSA) is 87.7 Å². The number of hydrogen-bond donors (Lipinski definition) is 3. The zero-order valence-electron chi connectivity index (χ0n) is 22.4. The Bertz CT molecular complexity index is 930. The molecule has 0 radical (unpaired) electrons. The molecule has 5 fully saturated rings. The van der Waals surface area contributed by atoms with E-state index in [9.17, 15) is 14.7 Å². The number of amides is 1. The molecule has 3 N–H and O–H groups in total. The van der Waals surface area contributed by atoms with Crippen LogP contribution in [-0.2, 0) is 14.3 Å².